The highest BCUT2D eigenvalue weighted by Gasteiger charge is 2.25. The lowest BCUT2D eigenvalue weighted by atomic mass is 9.89. The third-order valence-electron chi connectivity index (χ3n) is 6.77. The van der Waals surface area contributed by atoms with Gasteiger partial charge in [0, 0.05) is 47.9 Å². The number of hydrogen-bond donors (Lipinski definition) is 2. The summed E-state index contributed by atoms with van der Waals surface area (Å²) >= 11 is 3.11. The first-order valence-electron chi connectivity index (χ1n) is 11.9. The fourth-order valence-electron chi connectivity index (χ4n) is 4.83. The number of aromatic nitrogens is 2. The zero-order valence-corrected chi connectivity index (χ0v) is 20.7. The molecule has 2 aliphatic rings. The smallest absolute Gasteiger partial charge is 0.260 e. The van der Waals surface area contributed by atoms with Crippen LogP contribution < -0.4 is 10.9 Å². The maximum Gasteiger partial charge on any atom is 0.260 e. The third-order valence-corrected chi connectivity index (χ3v) is 8.54. The standard InChI is InChI=1S/C24H29N5O3S2/c30-20(13-25-22(31)16-5-2-1-3-6-16)29-10-8-28(9-11-29)14-19-26-23(32)21-17(15-34-24(21)27-19)18-7-4-12-33-18/h4,7,12,15-16H,1-3,5-6,8-11,13-14H2,(H,25,31)(H,26,27,32). The molecule has 1 saturated carbocycles. The van der Waals surface area contributed by atoms with Gasteiger partial charge < -0.3 is 15.2 Å². The van der Waals surface area contributed by atoms with Gasteiger partial charge in [-0.2, -0.15) is 0 Å². The van der Waals surface area contributed by atoms with Gasteiger partial charge in [-0.3, -0.25) is 19.3 Å². The Kier molecular flexibility index (Phi) is 7.07. The predicted octanol–water partition coefficient (Wildman–Crippen LogP) is 3.05. The maximum absolute atomic E-state index is 12.8. The Morgan fingerprint density at radius 1 is 1.12 bits per heavy atom. The SMILES string of the molecule is O=C(NCC(=O)N1CCN(Cc2nc3scc(-c4cccs4)c3c(=O)[nH]2)CC1)C1CCCCC1. The van der Waals surface area contributed by atoms with E-state index < -0.39 is 0 Å². The number of aromatic amines is 1. The Balaban J connectivity index is 1.14. The summed E-state index contributed by atoms with van der Waals surface area (Å²) in [7, 11) is 0. The average Bonchev–Trinajstić information content (AvgIpc) is 3.53. The largest absolute Gasteiger partial charge is 0.347 e. The van der Waals surface area contributed by atoms with Crippen molar-refractivity contribution in [3.8, 4) is 10.4 Å². The van der Waals surface area contributed by atoms with Crippen molar-refractivity contribution in [1.82, 2.24) is 25.1 Å². The highest BCUT2D eigenvalue weighted by Crippen LogP contribution is 2.33. The lowest BCUT2D eigenvalue weighted by molar-refractivity contribution is -0.135. The van der Waals surface area contributed by atoms with Crippen LogP contribution in [-0.4, -0.2) is 64.3 Å². The van der Waals surface area contributed by atoms with Crippen LogP contribution in [0.5, 0.6) is 0 Å². The summed E-state index contributed by atoms with van der Waals surface area (Å²) < 4.78 is 0. The van der Waals surface area contributed by atoms with Gasteiger partial charge in [-0.15, -0.1) is 22.7 Å². The van der Waals surface area contributed by atoms with E-state index >= 15 is 0 Å². The second-order valence-corrected chi connectivity index (χ2v) is 10.8. The molecule has 34 heavy (non-hydrogen) atoms. The molecule has 2 N–H and O–H groups in total. The number of carbonyl (C=O) groups is 2. The van der Waals surface area contributed by atoms with Crippen LogP contribution in [-0.2, 0) is 16.1 Å². The van der Waals surface area contributed by atoms with Crippen LogP contribution in [0.1, 0.15) is 37.9 Å². The van der Waals surface area contributed by atoms with Crippen LogP contribution in [0.15, 0.2) is 27.7 Å². The summed E-state index contributed by atoms with van der Waals surface area (Å²) in [5.74, 6) is 0.705. The molecule has 1 aliphatic carbocycles. The summed E-state index contributed by atoms with van der Waals surface area (Å²) in [6.07, 6.45) is 5.27. The first-order chi connectivity index (χ1) is 16.6. The minimum atomic E-state index is -0.104. The van der Waals surface area contributed by atoms with Crippen molar-refractivity contribution in [2.24, 2.45) is 5.92 Å². The number of H-pyrrole nitrogens is 1. The quantitative estimate of drug-likeness (QED) is 0.543. The minimum Gasteiger partial charge on any atom is -0.347 e. The van der Waals surface area contributed by atoms with E-state index in [1.807, 2.05) is 27.8 Å². The highest BCUT2D eigenvalue weighted by molar-refractivity contribution is 7.18. The van der Waals surface area contributed by atoms with Gasteiger partial charge in [-0.1, -0.05) is 25.3 Å². The Morgan fingerprint density at radius 3 is 2.65 bits per heavy atom. The van der Waals surface area contributed by atoms with Gasteiger partial charge in [0.15, 0.2) is 0 Å². The number of carbonyl (C=O) groups excluding carboxylic acids is 2. The van der Waals surface area contributed by atoms with E-state index in [9.17, 15) is 14.4 Å². The number of fused-ring (bicyclic) bond motifs is 1. The van der Waals surface area contributed by atoms with Gasteiger partial charge in [0.2, 0.25) is 11.8 Å². The molecule has 0 unspecified atom stereocenters. The number of piperazine rings is 1. The van der Waals surface area contributed by atoms with Gasteiger partial charge in [0.1, 0.15) is 10.7 Å². The molecule has 180 valence electrons. The molecule has 5 rings (SSSR count). The molecule has 0 atom stereocenters. The monoisotopic (exact) mass is 499 g/mol. The van der Waals surface area contributed by atoms with Crippen LogP contribution in [0.2, 0.25) is 0 Å². The maximum atomic E-state index is 12.8. The molecule has 1 saturated heterocycles. The molecule has 4 heterocycles. The molecule has 3 aromatic heterocycles. The first kappa shape index (κ1) is 23.2. The molecule has 8 nitrogen and oxygen atoms in total. The number of thiophene rings is 2. The topological polar surface area (TPSA) is 98.4 Å². The number of rotatable bonds is 6. The Bertz CT molecular complexity index is 1210. The molecular formula is C24H29N5O3S2. The van der Waals surface area contributed by atoms with Crippen molar-refractivity contribution >= 4 is 44.7 Å². The molecule has 10 heteroatoms. The molecule has 1 aliphatic heterocycles. The molecule has 2 amide bonds. The lowest BCUT2D eigenvalue weighted by Crippen LogP contribution is -2.51. The molecule has 3 aromatic rings. The van der Waals surface area contributed by atoms with Crippen molar-refractivity contribution in [2.75, 3.05) is 32.7 Å². The van der Waals surface area contributed by atoms with E-state index in [1.54, 1.807) is 11.3 Å². The predicted molar refractivity (Wildman–Crippen MR) is 135 cm³/mol. The highest BCUT2D eigenvalue weighted by atomic mass is 32.1. The number of hydrogen-bond acceptors (Lipinski definition) is 7. The van der Waals surface area contributed by atoms with Crippen LogP contribution in [0, 0.1) is 5.92 Å². The molecule has 0 bridgehead atoms. The Hall–Kier alpha value is -2.56. The van der Waals surface area contributed by atoms with Crippen molar-refractivity contribution in [1.29, 1.82) is 0 Å². The normalized spacial score (nSPS) is 17.8. The minimum absolute atomic E-state index is 0.0212. The van der Waals surface area contributed by atoms with E-state index in [0.717, 1.165) is 41.0 Å². The molecular weight excluding hydrogens is 470 g/mol. The van der Waals surface area contributed by atoms with Crippen LogP contribution in [0.25, 0.3) is 20.7 Å². The van der Waals surface area contributed by atoms with E-state index in [2.05, 4.69) is 15.2 Å². The van der Waals surface area contributed by atoms with Gasteiger partial charge >= 0.3 is 0 Å². The Morgan fingerprint density at radius 2 is 1.91 bits per heavy atom. The fourth-order valence-corrected chi connectivity index (χ4v) is 6.61. The summed E-state index contributed by atoms with van der Waals surface area (Å²) in [5, 5.41) is 7.50. The van der Waals surface area contributed by atoms with E-state index in [0.29, 0.717) is 43.9 Å². The Labute approximate surface area is 206 Å². The van der Waals surface area contributed by atoms with E-state index in [1.165, 1.54) is 17.8 Å². The summed E-state index contributed by atoms with van der Waals surface area (Å²) in [4.78, 5) is 51.2. The van der Waals surface area contributed by atoms with Crippen LogP contribution >= 0.6 is 22.7 Å². The van der Waals surface area contributed by atoms with Crippen molar-refractivity contribution in [3.05, 3.63) is 39.1 Å². The number of nitrogens with one attached hydrogen (secondary N) is 2. The summed E-state index contributed by atoms with van der Waals surface area (Å²) in [6, 6.07) is 4.00. The molecule has 0 aromatic carbocycles. The second kappa shape index (κ2) is 10.4. The van der Waals surface area contributed by atoms with Crippen molar-refractivity contribution in [3.63, 3.8) is 0 Å². The average molecular weight is 500 g/mol. The zero-order chi connectivity index (χ0) is 23.5. The summed E-state index contributed by atoms with van der Waals surface area (Å²) in [5.41, 5.74) is 0.838. The number of nitrogens with zero attached hydrogens (tertiary/aromatic N) is 3. The van der Waals surface area contributed by atoms with Crippen molar-refractivity contribution < 1.29 is 9.59 Å². The first-order valence-corrected chi connectivity index (χ1v) is 13.7. The van der Waals surface area contributed by atoms with E-state index in [4.69, 9.17) is 4.98 Å². The van der Waals surface area contributed by atoms with Gasteiger partial charge in [0.05, 0.1) is 18.5 Å². The van der Waals surface area contributed by atoms with Crippen LogP contribution in [0.3, 0.4) is 0 Å². The van der Waals surface area contributed by atoms with E-state index in [-0.39, 0.29) is 29.8 Å². The van der Waals surface area contributed by atoms with Gasteiger partial charge in [-0.25, -0.2) is 4.98 Å². The molecule has 0 spiro atoms. The van der Waals surface area contributed by atoms with Gasteiger partial charge in [0.25, 0.3) is 5.56 Å². The fraction of sp³-hybridized carbons (Fsp3) is 0.500. The second-order valence-electron chi connectivity index (χ2n) is 9.03. The molecule has 0 radical (unpaired) electrons. The summed E-state index contributed by atoms with van der Waals surface area (Å²) in [6.45, 7) is 3.23. The van der Waals surface area contributed by atoms with Crippen LogP contribution in [0.4, 0.5) is 0 Å². The van der Waals surface area contributed by atoms with Crippen molar-refractivity contribution in [2.45, 2.75) is 38.6 Å². The molecule has 2 fully saturated rings. The lowest BCUT2D eigenvalue weighted by Gasteiger charge is -2.34. The third kappa shape index (κ3) is 5.08. The van der Waals surface area contributed by atoms with Gasteiger partial charge in [-0.05, 0) is 24.3 Å². The zero-order valence-electron chi connectivity index (χ0n) is 19.0. The number of amides is 2.